The zero-order valence-corrected chi connectivity index (χ0v) is 16.6. The molecule has 5 nitrogen and oxygen atoms in total. The first kappa shape index (κ1) is 20.6. The van der Waals surface area contributed by atoms with Crippen LogP contribution in [-0.4, -0.2) is 37.0 Å². The molecular weight excluding hydrogens is 380 g/mol. The second-order valence-electron chi connectivity index (χ2n) is 6.91. The Morgan fingerprint density at radius 2 is 2.00 bits per heavy atom. The molecule has 3 unspecified atom stereocenters. The van der Waals surface area contributed by atoms with Gasteiger partial charge in [0.25, 0.3) is 6.47 Å². The van der Waals surface area contributed by atoms with Crippen molar-refractivity contribution < 1.29 is 24.1 Å². The van der Waals surface area contributed by atoms with E-state index in [-0.39, 0.29) is 18.8 Å². The van der Waals surface area contributed by atoms with Crippen molar-refractivity contribution in [3.8, 4) is 5.75 Å². The van der Waals surface area contributed by atoms with E-state index in [0.717, 1.165) is 22.4 Å². The molecule has 0 radical (unpaired) electrons. The zero-order valence-electron chi connectivity index (χ0n) is 15.8. The molecule has 150 valence electrons. The average molecular weight is 405 g/mol. The maximum atomic E-state index is 10.4. The summed E-state index contributed by atoms with van der Waals surface area (Å²) in [4.78, 5) is 10.4. The molecule has 0 aromatic heterocycles. The summed E-state index contributed by atoms with van der Waals surface area (Å²) < 4.78 is 16.3. The van der Waals surface area contributed by atoms with Crippen molar-refractivity contribution in [2.24, 2.45) is 0 Å². The highest BCUT2D eigenvalue weighted by molar-refractivity contribution is 6.31. The van der Waals surface area contributed by atoms with Gasteiger partial charge in [-0.25, -0.2) is 0 Å². The first-order valence-corrected chi connectivity index (χ1v) is 9.85. The molecule has 1 fully saturated rings. The molecule has 1 N–H and O–H groups in total. The summed E-state index contributed by atoms with van der Waals surface area (Å²) in [5, 5.41) is 10.9. The number of halogens is 1. The van der Waals surface area contributed by atoms with E-state index >= 15 is 0 Å². The largest absolute Gasteiger partial charge is 0.494 e. The summed E-state index contributed by atoms with van der Waals surface area (Å²) in [5.41, 5.74) is 3.08. The first-order chi connectivity index (χ1) is 13.6. The molecule has 6 heteroatoms. The van der Waals surface area contributed by atoms with E-state index in [4.69, 9.17) is 25.8 Å². The van der Waals surface area contributed by atoms with Gasteiger partial charge >= 0.3 is 0 Å². The molecule has 2 aromatic carbocycles. The fraction of sp³-hybridized carbons (Fsp3) is 0.409. The molecule has 0 saturated carbocycles. The number of ether oxygens (including phenoxy) is 3. The van der Waals surface area contributed by atoms with Gasteiger partial charge in [0, 0.05) is 17.9 Å². The summed E-state index contributed by atoms with van der Waals surface area (Å²) in [6.07, 6.45) is 0.568. The third-order valence-corrected chi connectivity index (χ3v) is 5.17. The monoisotopic (exact) mass is 404 g/mol. The maximum Gasteiger partial charge on any atom is 0.293 e. The Morgan fingerprint density at radius 3 is 2.71 bits per heavy atom. The fourth-order valence-electron chi connectivity index (χ4n) is 3.48. The maximum absolute atomic E-state index is 10.4. The number of aliphatic hydroxyl groups excluding tert-OH is 1. The van der Waals surface area contributed by atoms with Crippen LogP contribution in [0.3, 0.4) is 0 Å². The van der Waals surface area contributed by atoms with Crippen LogP contribution in [0.5, 0.6) is 5.75 Å². The lowest BCUT2D eigenvalue weighted by Crippen LogP contribution is -2.34. The van der Waals surface area contributed by atoms with Crippen LogP contribution >= 0.6 is 11.6 Å². The van der Waals surface area contributed by atoms with E-state index in [1.807, 2.05) is 49.4 Å². The van der Waals surface area contributed by atoms with Crippen molar-refractivity contribution in [3.05, 3.63) is 64.2 Å². The molecule has 1 saturated heterocycles. The van der Waals surface area contributed by atoms with Gasteiger partial charge < -0.3 is 19.3 Å². The van der Waals surface area contributed by atoms with Gasteiger partial charge in [0.05, 0.1) is 24.9 Å². The number of rotatable bonds is 8. The topological polar surface area (TPSA) is 65.0 Å². The van der Waals surface area contributed by atoms with Gasteiger partial charge in [-0.1, -0.05) is 35.9 Å². The van der Waals surface area contributed by atoms with E-state index in [1.54, 1.807) is 0 Å². The van der Waals surface area contributed by atoms with Crippen LogP contribution in [0.2, 0.25) is 5.02 Å². The summed E-state index contributed by atoms with van der Waals surface area (Å²) in [7, 11) is 0. The van der Waals surface area contributed by atoms with Gasteiger partial charge in [-0.3, -0.25) is 4.79 Å². The molecule has 0 spiro atoms. The molecule has 0 amide bonds. The minimum Gasteiger partial charge on any atom is -0.494 e. The van der Waals surface area contributed by atoms with Gasteiger partial charge in [-0.2, -0.15) is 0 Å². The smallest absolute Gasteiger partial charge is 0.293 e. The van der Waals surface area contributed by atoms with Crippen LogP contribution in [0, 0.1) is 0 Å². The van der Waals surface area contributed by atoms with Crippen molar-refractivity contribution in [2.45, 2.75) is 44.5 Å². The van der Waals surface area contributed by atoms with Gasteiger partial charge in [0.2, 0.25) is 0 Å². The molecule has 1 aliphatic heterocycles. The summed E-state index contributed by atoms with van der Waals surface area (Å²) >= 11 is 6.42. The Morgan fingerprint density at radius 1 is 1.21 bits per heavy atom. The predicted octanol–water partition coefficient (Wildman–Crippen LogP) is 4.08. The Kier molecular flexibility index (Phi) is 7.31. The number of aliphatic hydroxyl groups is 1. The van der Waals surface area contributed by atoms with E-state index in [0.29, 0.717) is 37.4 Å². The Hall–Kier alpha value is -2.08. The molecular formula is C22H25ClO5. The highest BCUT2D eigenvalue weighted by Gasteiger charge is 2.30. The van der Waals surface area contributed by atoms with E-state index < -0.39 is 6.10 Å². The van der Waals surface area contributed by atoms with Crippen LogP contribution in [0.15, 0.2) is 42.5 Å². The summed E-state index contributed by atoms with van der Waals surface area (Å²) in [5.74, 6) is 0.847. The second-order valence-corrected chi connectivity index (χ2v) is 7.31. The molecule has 0 aliphatic carbocycles. The fourth-order valence-corrected chi connectivity index (χ4v) is 3.66. The summed E-state index contributed by atoms with van der Waals surface area (Å²) in [6, 6.07) is 13.8. The molecule has 3 atom stereocenters. The Bertz CT molecular complexity index is 777. The van der Waals surface area contributed by atoms with E-state index in [2.05, 4.69) is 0 Å². The number of hydrogen-bond acceptors (Lipinski definition) is 5. The minimum absolute atomic E-state index is 0.143. The minimum atomic E-state index is -0.496. The quantitative estimate of drug-likeness (QED) is 0.671. The molecule has 3 rings (SSSR count). The van der Waals surface area contributed by atoms with Gasteiger partial charge in [-0.15, -0.1) is 0 Å². The first-order valence-electron chi connectivity index (χ1n) is 9.47. The third-order valence-electron chi connectivity index (χ3n) is 4.80. The van der Waals surface area contributed by atoms with Crippen molar-refractivity contribution in [1.29, 1.82) is 0 Å². The number of benzene rings is 2. The standard InChI is InChI=1S/C22H25ClO5/c1-2-27-19-6-3-15(4-7-19)9-17-10-16(5-8-21(17)23)22-12-18(25)11-20(28-22)13-26-14-24/h3-8,10,14,18,20,22,25H,2,9,11-13H2,1H3. The lowest BCUT2D eigenvalue weighted by molar-refractivity contribution is -0.145. The van der Waals surface area contributed by atoms with Crippen molar-refractivity contribution >= 4 is 18.1 Å². The number of carbonyl (C=O) groups excluding carboxylic acids is 1. The van der Waals surface area contributed by atoms with Crippen molar-refractivity contribution in [3.63, 3.8) is 0 Å². The van der Waals surface area contributed by atoms with Crippen molar-refractivity contribution in [2.75, 3.05) is 13.2 Å². The van der Waals surface area contributed by atoms with Crippen molar-refractivity contribution in [1.82, 2.24) is 0 Å². The Balaban J connectivity index is 1.74. The van der Waals surface area contributed by atoms with Crippen LogP contribution in [0.25, 0.3) is 0 Å². The molecule has 0 bridgehead atoms. The second kappa shape index (κ2) is 9.92. The molecule has 1 aliphatic rings. The highest BCUT2D eigenvalue weighted by atomic mass is 35.5. The van der Waals surface area contributed by atoms with Gasteiger partial charge in [0.1, 0.15) is 12.4 Å². The average Bonchev–Trinajstić information content (AvgIpc) is 2.69. The van der Waals surface area contributed by atoms with E-state index in [9.17, 15) is 9.90 Å². The Labute approximate surface area is 170 Å². The lowest BCUT2D eigenvalue weighted by atomic mass is 9.94. The highest BCUT2D eigenvalue weighted by Crippen LogP contribution is 2.34. The zero-order chi connectivity index (χ0) is 19.9. The molecule has 2 aromatic rings. The summed E-state index contributed by atoms with van der Waals surface area (Å²) in [6.45, 7) is 3.14. The number of carbonyl (C=O) groups is 1. The van der Waals surface area contributed by atoms with Crippen LogP contribution in [-0.2, 0) is 20.7 Å². The normalized spacial score (nSPS) is 21.9. The van der Waals surface area contributed by atoms with Crippen LogP contribution in [0.4, 0.5) is 0 Å². The molecule has 1 heterocycles. The van der Waals surface area contributed by atoms with Gasteiger partial charge in [0.15, 0.2) is 0 Å². The number of hydrogen-bond donors (Lipinski definition) is 1. The molecule has 28 heavy (non-hydrogen) atoms. The lowest BCUT2D eigenvalue weighted by Gasteiger charge is -2.33. The van der Waals surface area contributed by atoms with Crippen LogP contribution < -0.4 is 4.74 Å². The van der Waals surface area contributed by atoms with E-state index in [1.165, 1.54) is 0 Å². The van der Waals surface area contributed by atoms with Crippen LogP contribution in [0.1, 0.15) is 42.6 Å². The predicted molar refractivity (Wildman–Crippen MR) is 107 cm³/mol. The third kappa shape index (κ3) is 5.47. The van der Waals surface area contributed by atoms with Gasteiger partial charge in [-0.05, 0) is 48.2 Å². The SMILES string of the molecule is CCOc1ccc(Cc2cc(C3CC(O)CC(COC=O)O3)ccc2Cl)cc1.